The van der Waals surface area contributed by atoms with Gasteiger partial charge in [0.2, 0.25) is 0 Å². The molecule has 3 fully saturated rings. The van der Waals surface area contributed by atoms with Gasteiger partial charge >= 0.3 is 0 Å². The zero-order valence-corrected chi connectivity index (χ0v) is 8.29. The van der Waals surface area contributed by atoms with E-state index in [1.165, 1.54) is 12.8 Å². The standard InChI is InChI=1S/C10H19NO/c1-7(2)11-8(3)10-5-4-9(11)6-12-10/h7-10H,4-6H2,1-3H3. The van der Waals surface area contributed by atoms with Crippen LogP contribution in [0.2, 0.25) is 0 Å². The fourth-order valence-electron chi connectivity index (χ4n) is 2.79. The maximum atomic E-state index is 5.73. The van der Waals surface area contributed by atoms with E-state index in [0.717, 1.165) is 6.61 Å². The summed E-state index contributed by atoms with van der Waals surface area (Å²) in [4.78, 5) is 2.62. The minimum atomic E-state index is 0.511. The van der Waals surface area contributed by atoms with Crippen molar-refractivity contribution in [3.05, 3.63) is 0 Å². The Kier molecular flexibility index (Phi) is 2.13. The first kappa shape index (κ1) is 8.52. The molecule has 3 unspecified atom stereocenters. The molecule has 0 aromatic heterocycles. The number of ether oxygens (including phenoxy) is 1. The number of piperidine rings is 1. The number of nitrogens with zero attached hydrogens (tertiary/aromatic N) is 1. The van der Waals surface area contributed by atoms with Gasteiger partial charge in [0.1, 0.15) is 0 Å². The molecule has 0 amide bonds. The van der Waals surface area contributed by atoms with Crippen LogP contribution in [0.3, 0.4) is 0 Å². The van der Waals surface area contributed by atoms with Gasteiger partial charge in [-0.05, 0) is 33.6 Å². The maximum Gasteiger partial charge on any atom is 0.0729 e. The Morgan fingerprint density at radius 1 is 1.33 bits per heavy atom. The molecule has 0 radical (unpaired) electrons. The lowest BCUT2D eigenvalue weighted by Crippen LogP contribution is -2.61. The highest BCUT2D eigenvalue weighted by Gasteiger charge is 2.41. The molecule has 0 spiro atoms. The lowest BCUT2D eigenvalue weighted by atomic mass is 9.90. The Morgan fingerprint density at radius 3 is 2.42 bits per heavy atom. The van der Waals surface area contributed by atoms with Gasteiger partial charge in [0.15, 0.2) is 0 Å². The van der Waals surface area contributed by atoms with Gasteiger partial charge in [-0.25, -0.2) is 0 Å². The van der Waals surface area contributed by atoms with Crippen LogP contribution in [0.5, 0.6) is 0 Å². The van der Waals surface area contributed by atoms with Crippen LogP contribution in [0.25, 0.3) is 0 Å². The predicted octanol–water partition coefficient (Wildman–Crippen LogP) is 1.65. The zero-order valence-electron chi connectivity index (χ0n) is 8.29. The van der Waals surface area contributed by atoms with Crippen LogP contribution < -0.4 is 0 Å². The van der Waals surface area contributed by atoms with E-state index in [9.17, 15) is 0 Å². The fourth-order valence-corrected chi connectivity index (χ4v) is 2.79. The summed E-state index contributed by atoms with van der Waals surface area (Å²) in [5, 5.41) is 0. The van der Waals surface area contributed by atoms with Gasteiger partial charge in [0.05, 0.1) is 12.7 Å². The van der Waals surface area contributed by atoms with Crippen LogP contribution in [-0.2, 0) is 4.74 Å². The Balaban J connectivity index is 2.12. The largest absolute Gasteiger partial charge is 0.375 e. The fraction of sp³-hybridized carbons (Fsp3) is 1.00. The van der Waals surface area contributed by atoms with Crippen molar-refractivity contribution in [2.75, 3.05) is 6.61 Å². The third kappa shape index (κ3) is 1.17. The second kappa shape index (κ2) is 3.00. The lowest BCUT2D eigenvalue weighted by Gasteiger charge is -2.51. The van der Waals surface area contributed by atoms with E-state index in [0.29, 0.717) is 24.2 Å². The number of hydrogen-bond donors (Lipinski definition) is 0. The van der Waals surface area contributed by atoms with E-state index in [4.69, 9.17) is 4.74 Å². The highest BCUT2D eigenvalue weighted by atomic mass is 16.5. The van der Waals surface area contributed by atoms with Crippen molar-refractivity contribution >= 4 is 0 Å². The molecule has 3 saturated heterocycles. The van der Waals surface area contributed by atoms with Gasteiger partial charge in [0.25, 0.3) is 0 Å². The Labute approximate surface area is 74.9 Å². The number of fused-ring (bicyclic) bond motifs is 3. The molecular weight excluding hydrogens is 150 g/mol. The van der Waals surface area contributed by atoms with Crippen LogP contribution in [0.1, 0.15) is 33.6 Å². The quantitative estimate of drug-likeness (QED) is 0.592. The summed E-state index contributed by atoms with van der Waals surface area (Å²) in [6.07, 6.45) is 3.12. The smallest absolute Gasteiger partial charge is 0.0729 e. The van der Waals surface area contributed by atoms with E-state index in [2.05, 4.69) is 25.7 Å². The van der Waals surface area contributed by atoms with Crippen molar-refractivity contribution < 1.29 is 4.74 Å². The first-order valence-electron chi connectivity index (χ1n) is 5.09. The predicted molar refractivity (Wildman–Crippen MR) is 49.2 cm³/mol. The molecule has 0 aromatic carbocycles. The van der Waals surface area contributed by atoms with Crippen LogP contribution in [0.4, 0.5) is 0 Å². The van der Waals surface area contributed by atoms with Gasteiger partial charge in [0, 0.05) is 18.1 Å². The highest BCUT2D eigenvalue weighted by molar-refractivity contribution is 4.94. The zero-order chi connectivity index (χ0) is 8.72. The molecule has 0 aromatic rings. The molecular formula is C10H19NO. The summed E-state index contributed by atoms with van der Waals surface area (Å²) < 4.78 is 5.73. The normalized spacial score (nSPS) is 42.5. The third-order valence-electron chi connectivity index (χ3n) is 3.31. The summed E-state index contributed by atoms with van der Waals surface area (Å²) in [5.74, 6) is 0. The number of rotatable bonds is 1. The molecule has 3 rings (SSSR count). The van der Waals surface area contributed by atoms with Crippen molar-refractivity contribution in [3.8, 4) is 0 Å². The van der Waals surface area contributed by atoms with E-state index in [1.807, 2.05) is 0 Å². The van der Waals surface area contributed by atoms with Crippen LogP contribution >= 0.6 is 0 Å². The van der Waals surface area contributed by atoms with E-state index in [-0.39, 0.29) is 0 Å². The van der Waals surface area contributed by atoms with Gasteiger partial charge in [-0.2, -0.15) is 0 Å². The summed E-state index contributed by atoms with van der Waals surface area (Å²) in [5.41, 5.74) is 0. The van der Waals surface area contributed by atoms with Crippen molar-refractivity contribution in [2.45, 2.75) is 57.8 Å². The first-order chi connectivity index (χ1) is 5.70. The molecule has 3 heterocycles. The minimum absolute atomic E-state index is 0.511. The minimum Gasteiger partial charge on any atom is -0.375 e. The summed E-state index contributed by atoms with van der Waals surface area (Å²) in [6.45, 7) is 7.84. The first-order valence-corrected chi connectivity index (χ1v) is 5.09. The van der Waals surface area contributed by atoms with Gasteiger partial charge in [-0.15, -0.1) is 0 Å². The van der Waals surface area contributed by atoms with Crippen molar-refractivity contribution in [1.82, 2.24) is 4.90 Å². The SMILES string of the molecule is CC(C)N1C2CCC(OC2)C1C. The van der Waals surface area contributed by atoms with Gasteiger partial charge < -0.3 is 4.74 Å². The maximum absolute atomic E-state index is 5.73. The molecule has 70 valence electrons. The molecule has 3 aliphatic rings. The average molecular weight is 169 g/mol. The van der Waals surface area contributed by atoms with Crippen LogP contribution in [0, 0.1) is 0 Å². The number of hydrogen-bond acceptors (Lipinski definition) is 2. The number of morpholine rings is 1. The monoisotopic (exact) mass is 169 g/mol. The molecule has 3 atom stereocenters. The Hall–Kier alpha value is -0.0800. The highest BCUT2D eigenvalue weighted by Crippen LogP contribution is 2.32. The van der Waals surface area contributed by atoms with Crippen molar-refractivity contribution in [2.24, 2.45) is 0 Å². The van der Waals surface area contributed by atoms with Gasteiger partial charge in [-0.3, -0.25) is 4.90 Å². The van der Waals surface area contributed by atoms with E-state index >= 15 is 0 Å². The lowest BCUT2D eigenvalue weighted by molar-refractivity contribution is -0.148. The molecule has 0 N–H and O–H groups in total. The molecule has 2 nitrogen and oxygen atoms in total. The van der Waals surface area contributed by atoms with Gasteiger partial charge in [-0.1, -0.05) is 0 Å². The van der Waals surface area contributed by atoms with Crippen molar-refractivity contribution in [1.29, 1.82) is 0 Å². The molecule has 0 aliphatic carbocycles. The van der Waals surface area contributed by atoms with Crippen molar-refractivity contribution in [3.63, 3.8) is 0 Å². The summed E-state index contributed by atoms with van der Waals surface area (Å²) in [7, 11) is 0. The topological polar surface area (TPSA) is 12.5 Å². The van der Waals surface area contributed by atoms with E-state index < -0.39 is 0 Å². The molecule has 2 heteroatoms. The molecule has 0 saturated carbocycles. The Bertz CT molecular complexity index is 159. The van der Waals surface area contributed by atoms with Crippen LogP contribution in [0.15, 0.2) is 0 Å². The average Bonchev–Trinajstić information content (AvgIpc) is 2.05. The third-order valence-corrected chi connectivity index (χ3v) is 3.31. The second-order valence-electron chi connectivity index (χ2n) is 4.38. The van der Waals surface area contributed by atoms with E-state index in [1.54, 1.807) is 0 Å². The Morgan fingerprint density at radius 2 is 2.08 bits per heavy atom. The molecule has 2 bridgehead atoms. The van der Waals surface area contributed by atoms with Crippen LogP contribution in [-0.4, -0.2) is 35.7 Å². The molecule has 3 aliphatic heterocycles. The summed E-state index contributed by atoms with van der Waals surface area (Å²) >= 11 is 0. The molecule has 12 heavy (non-hydrogen) atoms. The summed E-state index contributed by atoms with van der Waals surface area (Å²) in [6, 6.07) is 2.01. The second-order valence-corrected chi connectivity index (χ2v) is 4.38.